The van der Waals surface area contributed by atoms with Crippen LogP contribution in [0.3, 0.4) is 0 Å². The quantitative estimate of drug-likeness (QED) is 0.493. The van der Waals surface area contributed by atoms with Crippen molar-refractivity contribution in [2.75, 3.05) is 20.3 Å². The fourth-order valence-corrected chi connectivity index (χ4v) is 5.25. The normalized spacial score (nSPS) is 18.9. The number of hydrogen-bond donors (Lipinski definition) is 1. The average Bonchev–Trinajstić information content (AvgIpc) is 3.67. The monoisotopic (exact) mass is 491 g/mol. The van der Waals surface area contributed by atoms with Crippen molar-refractivity contribution < 1.29 is 19.1 Å². The van der Waals surface area contributed by atoms with E-state index in [-0.39, 0.29) is 30.5 Å². The molecular weight excluding hydrogens is 458 g/mol. The van der Waals surface area contributed by atoms with Crippen molar-refractivity contribution in [2.45, 2.75) is 63.3 Å². The minimum absolute atomic E-state index is 0.0234. The molecule has 9 heteroatoms. The summed E-state index contributed by atoms with van der Waals surface area (Å²) in [6.07, 6.45) is 5.81. The summed E-state index contributed by atoms with van der Waals surface area (Å²) in [6.45, 7) is 0.967. The molecule has 2 aromatic carbocycles. The van der Waals surface area contributed by atoms with E-state index >= 15 is 0 Å². The summed E-state index contributed by atoms with van der Waals surface area (Å²) >= 11 is 0. The average molecular weight is 492 g/mol. The Morgan fingerprint density at radius 3 is 2.75 bits per heavy atom. The first kappa shape index (κ1) is 24.2. The number of fused-ring (bicyclic) bond motifs is 1. The second kappa shape index (κ2) is 11.1. The molecule has 3 aromatic rings. The van der Waals surface area contributed by atoms with Gasteiger partial charge in [-0.15, -0.1) is 5.10 Å². The molecule has 0 unspecified atom stereocenters. The van der Waals surface area contributed by atoms with E-state index < -0.39 is 6.04 Å². The van der Waals surface area contributed by atoms with Gasteiger partial charge in [-0.2, -0.15) is 0 Å². The molecule has 1 aliphatic carbocycles. The highest BCUT2D eigenvalue weighted by Gasteiger charge is 2.36. The van der Waals surface area contributed by atoms with Crippen molar-refractivity contribution in [3.8, 4) is 5.75 Å². The van der Waals surface area contributed by atoms with Crippen molar-refractivity contribution in [1.82, 2.24) is 25.2 Å². The SMILES string of the molecule is COc1cccc([C@@H](C(=O)NC2CCCC2)N(C[C@@H]2CCCO2)C(=O)Cn2nnc3ccccc32)c1. The number of aromatic nitrogens is 3. The molecule has 5 rings (SSSR count). The molecule has 0 radical (unpaired) electrons. The second-order valence-corrected chi connectivity index (χ2v) is 9.59. The summed E-state index contributed by atoms with van der Waals surface area (Å²) in [6, 6.07) is 14.2. The van der Waals surface area contributed by atoms with E-state index in [2.05, 4.69) is 15.6 Å². The summed E-state index contributed by atoms with van der Waals surface area (Å²) < 4.78 is 12.9. The van der Waals surface area contributed by atoms with E-state index in [1.165, 1.54) is 0 Å². The first-order chi connectivity index (χ1) is 17.6. The summed E-state index contributed by atoms with van der Waals surface area (Å²) in [5.74, 6) is 0.249. The molecule has 2 atom stereocenters. The highest BCUT2D eigenvalue weighted by molar-refractivity contribution is 5.89. The Morgan fingerprint density at radius 1 is 1.14 bits per heavy atom. The molecular formula is C27H33N5O4. The molecule has 0 spiro atoms. The van der Waals surface area contributed by atoms with Gasteiger partial charge in [0, 0.05) is 19.2 Å². The van der Waals surface area contributed by atoms with Crippen LogP contribution in [-0.2, 0) is 20.9 Å². The topological polar surface area (TPSA) is 98.6 Å². The van der Waals surface area contributed by atoms with Crippen molar-refractivity contribution in [2.24, 2.45) is 0 Å². The molecule has 1 aromatic heterocycles. The van der Waals surface area contributed by atoms with Crippen molar-refractivity contribution in [1.29, 1.82) is 0 Å². The second-order valence-electron chi connectivity index (χ2n) is 9.59. The predicted molar refractivity (Wildman–Crippen MR) is 134 cm³/mol. The minimum Gasteiger partial charge on any atom is -0.497 e. The van der Waals surface area contributed by atoms with Crippen LogP contribution in [0, 0.1) is 0 Å². The van der Waals surface area contributed by atoms with Gasteiger partial charge in [0.15, 0.2) is 0 Å². The molecule has 2 amide bonds. The molecule has 190 valence electrons. The molecule has 1 aliphatic heterocycles. The molecule has 1 saturated heterocycles. The maximum absolute atomic E-state index is 13.9. The summed E-state index contributed by atoms with van der Waals surface area (Å²) in [4.78, 5) is 29.4. The van der Waals surface area contributed by atoms with Gasteiger partial charge in [0.25, 0.3) is 0 Å². The lowest BCUT2D eigenvalue weighted by atomic mass is 10.0. The number of ether oxygens (including phenoxy) is 2. The maximum Gasteiger partial charge on any atom is 0.247 e. The number of amides is 2. The van der Waals surface area contributed by atoms with Gasteiger partial charge in [-0.25, -0.2) is 4.68 Å². The number of para-hydroxylation sites is 1. The third-order valence-electron chi connectivity index (χ3n) is 7.12. The van der Waals surface area contributed by atoms with Crippen LogP contribution in [0.15, 0.2) is 48.5 Å². The third kappa shape index (κ3) is 5.36. The van der Waals surface area contributed by atoms with E-state index in [1.54, 1.807) is 16.7 Å². The number of nitrogens with zero attached hydrogens (tertiary/aromatic N) is 4. The highest BCUT2D eigenvalue weighted by atomic mass is 16.5. The standard InChI is InChI=1S/C27H33N5O4/c1-35-21-11-6-8-19(16-21)26(27(34)28-20-9-2-3-10-20)31(17-22-12-7-15-36-22)25(33)18-32-24-14-5-4-13-23(24)29-30-32/h4-6,8,11,13-14,16,20,22,26H,2-3,7,9-10,12,15,17-18H2,1H3,(H,28,34)/t22-,26-/m0/s1. The molecule has 1 N–H and O–H groups in total. The van der Waals surface area contributed by atoms with E-state index in [4.69, 9.17) is 9.47 Å². The molecule has 36 heavy (non-hydrogen) atoms. The van der Waals surface area contributed by atoms with E-state index in [0.29, 0.717) is 24.5 Å². The van der Waals surface area contributed by atoms with Gasteiger partial charge in [0.2, 0.25) is 11.8 Å². The zero-order valence-corrected chi connectivity index (χ0v) is 20.6. The number of hydrogen-bond acceptors (Lipinski definition) is 6. The Hall–Kier alpha value is -3.46. The lowest BCUT2D eigenvalue weighted by Gasteiger charge is -2.34. The van der Waals surface area contributed by atoms with Crippen LogP contribution in [0.5, 0.6) is 5.75 Å². The predicted octanol–water partition coefficient (Wildman–Crippen LogP) is 3.25. The summed E-state index contributed by atoms with van der Waals surface area (Å²) in [7, 11) is 1.60. The number of rotatable bonds is 9. The summed E-state index contributed by atoms with van der Waals surface area (Å²) in [5, 5.41) is 11.6. The molecule has 0 bridgehead atoms. The van der Waals surface area contributed by atoms with E-state index in [9.17, 15) is 9.59 Å². The Morgan fingerprint density at radius 2 is 1.97 bits per heavy atom. The van der Waals surface area contributed by atoms with Gasteiger partial charge in [-0.3, -0.25) is 9.59 Å². The first-order valence-electron chi connectivity index (χ1n) is 12.8. The Bertz CT molecular complexity index is 1200. The van der Waals surface area contributed by atoms with Crippen molar-refractivity contribution >= 4 is 22.8 Å². The van der Waals surface area contributed by atoms with Gasteiger partial charge in [0.05, 0.1) is 18.7 Å². The molecule has 1 saturated carbocycles. The first-order valence-corrected chi connectivity index (χ1v) is 12.8. The Balaban J connectivity index is 1.49. The van der Waals surface area contributed by atoms with Gasteiger partial charge in [-0.1, -0.05) is 42.3 Å². The minimum atomic E-state index is -0.813. The fourth-order valence-electron chi connectivity index (χ4n) is 5.25. The van der Waals surface area contributed by atoms with E-state index in [1.807, 2.05) is 48.5 Å². The zero-order valence-electron chi connectivity index (χ0n) is 20.6. The highest BCUT2D eigenvalue weighted by Crippen LogP contribution is 2.29. The number of carbonyl (C=O) groups excluding carboxylic acids is 2. The van der Waals surface area contributed by atoms with Crippen molar-refractivity contribution in [3.05, 3.63) is 54.1 Å². The maximum atomic E-state index is 13.9. The van der Waals surface area contributed by atoms with Gasteiger partial charge < -0.3 is 19.7 Å². The van der Waals surface area contributed by atoms with Crippen LogP contribution in [-0.4, -0.2) is 64.1 Å². The van der Waals surface area contributed by atoms with Crippen LogP contribution in [0.25, 0.3) is 11.0 Å². The fraction of sp³-hybridized carbons (Fsp3) is 0.481. The number of nitrogens with one attached hydrogen (secondary N) is 1. The van der Waals surface area contributed by atoms with E-state index in [0.717, 1.165) is 49.6 Å². The van der Waals surface area contributed by atoms with Crippen molar-refractivity contribution in [3.63, 3.8) is 0 Å². The van der Waals surface area contributed by atoms with Crippen LogP contribution >= 0.6 is 0 Å². The lowest BCUT2D eigenvalue weighted by molar-refractivity contribution is -0.143. The molecule has 2 fully saturated rings. The lowest BCUT2D eigenvalue weighted by Crippen LogP contribution is -2.49. The molecule has 2 aliphatic rings. The van der Waals surface area contributed by atoms with Gasteiger partial charge in [-0.05, 0) is 55.5 Å². The number of methoxy groups -OCH3 is 1. The Labute approximate surface area is 210 Å². The van der Waals surface area contributed by atoms with Gasteiger partial charge in [0.1, 0.15) is 23.9 Å². The smallest absolute Gasteiger partial charge is 0.247 e. The van der Waals surface area contributed by atoms with Crippen LogP contribution in [0.4, 0.5) is 0 Å². The zero-order chi connectivity index (χ0) is 24.9. The van der Waals surface area contributed by atoms with Gasteiger partial charge >= 0.3 is 0 Å². The molecule has 2 heterocycles. The Kier molecular flexibility index (Phi) is 7.46. The largest absolute Gasteiger partial charge is 0.497 e. The summed E-state index contributed by atoms with van der Waals surface area (Å²) in [5.41, 5.74) is 2.20. The number of carbonyl (C=O) groups is 2. The third-order valence-corrected chi connectivity index (χ3v) is 7.12. The molecule has 9 nitrogen and oxygen atoms in total. The van der Waals surface area contributed by atoms with Crippen LogP contribution in [0.1, 0.15) is 50.1 Å². The van der Waals surface area contributed by atoms with Crippen LogP contribution in [0.2, 0.25) is 0 Å². The number of benzene rings is 2. The van der Waals surface area contributed by atoms with Crippen LogP contribution < -0.4 is 10.1 Å².